The maximum absolute atomic E-state index is 5.14. The summed E-state index contributed by atoms with van der Waals surface area (Å²) in [5.41, 5.74) is 2.53. The number of hydrogen-bond acceptors (Lipinski definition) is 2. The average molecular weight is 338 g/mol. The van der Waals surface area contributed by atoms with Crippen molar-refractivity contribution in [2.75, 3.05) is 26.8 Å². The van der Waals surface area contributed by atoms with Crippen LogP contribution in [0.2, 0.25) is 0 Å². The van der Waals surface area contributed by atoms with Crippen LogP contribution in [0.1, 0.15) is 37.7 Å². The van der Waals surface area contributed by atoms with Crippen LogP contribution >= 0.6 is 15.9 Å². The molecule has 2 saturated carbocycles. The number of nitrogens with one attached hydrogen (secondary N) is 1. The van der Waals surface area contributed by atoms with Crippen molar-refractivity contribution in [1.82, 2.24) is 5.32 Å². The summed E-state index contributed by atoms with van der Waals surface area (Å²) in [6.45, 7) is 2.81. The van der Waals surface area contributed by atoms with Gasteiger partial charge >= 0.3 is 0 Å². The predicted octanol–water partition coefficient (Wildman–Crippen LogP) is 3.89. The van der Waals surface area contributed by atoms with Gasteiger partial charge in [-0.1, -0.05) is 34.5 Å². The highest BCUT2D eigenvalue weighted by Crippen LogP contribution is 2.64. The lowest BCUT2D eigenvalue weighted by Crippen LogP contribution is -2.57. The minimum Gasteiger partial charge on any atom is -0.383 e. The zero-order valence-electron chi connectivity index (χ0n) is 12.3. The molecule has 0 heterocycles. The van der Waals surface area contributed by atoms with Gasteiger partial charge in [0.2, 0.25) is 0 Å². The van der Waals surface area contributed by atoms with Crippen molar-refractivity contribution >= 4 is 15.9 Å². The van der Waals surface area contributed by atoms with E-state index in [1.54, 1.807) is 7.11 Å². The Labute approximate surface area is 130 Å². The Morgan fingerprint density at radius 1 is 1.30 bits per heavy atom. The molecule has 1 aromatic rings. The van der Waals surface area contributed by atoms with Crippen LogP contribution in [0.4, 0.5) is 0 Å². The Hall–Kier alpha value is -0.380. The first kappa shape index (κ1) is 14.6. The van der Waals surface area contributed by atoms with E-state index in [2.05, 4.69) is 45.5 Å². The third kappa shape index (κ3) is 2.68. The Morgan fingerprint density at radius 2 is 2.10 bits per heavy atom. The summed E-state index contributed by atoms with van der Waals surface area (Å²) in [7, 11) is 1.76. The minimum absolute atomic E-state index is 0.345. The smallest absolute Gasteiger partial charge is 0.0587 e. The Morgan fingerprint density at radius 3 is 2.70 bits per heavy atom. The summed E-state index contributed by atoms with van der Waals surface area (Å²) in [4.78, 5) is 0. The van der Waals surface area contributed by atoms with Crippen molar-refractivity contribution < 1.29 is 4.74 Å². The molecule has 3 rings (SSSR count). The molecule has 1 spiro atoms. The fourth-order valence-corrected chi connectivity index (χ4v) is 4.56. The maximum atomic E-state index is 5.14. The molecule has 3 heteroatoms. The second kappa shape index (κ2) is 5.78. The van der Waals surface area contributed by atoms with E-state index in [-0.39, 0.29) is 0 Å². The quantitative estimate of drug-likeness (QED) is 0.795. The van der Waals surface area contributed by atoms with Crippen LogP contribution in [-0.2, 0) is 10.2 Å². The van der Waals surface area contributed by atoms with Crippen molar-refractivity contribution in [2.24, 2.45) is 5.41 Å². The molecule has 2 nitrogen and oxygen atoms in total. The van der Waals surface area contributed by atoms with Crippen LogP contribution in [-0.4, -0.2) is 26.8 Å². The summed E-state index contributed by atoms with van der Waals surface area (Å²) >= 11 is 3.62. The van der Waals surface area contributed by atoms with Gasteiger partial charge in [-0.2, -0.15) is 0 Å². The van der Waals surface area contributed by atoms with Gasteiger partial charge in [-0.05, 0) is 48.8 Å². The number of methoxy groups -OCH3 is 1. The zero-order valence-corrected chi connectivity index (χ0v) is 13.8. The van der Waals surface area contributed by atoms with Gasteiger partial charge in [-0.3, -0.25) is 0 Å². The highest BCUT2D eigenvalue weighted by Gasteiger charge is 2.57. The number of benzene rings is 1. The third-order valence-electron chi connectivity index (χ3n) is 5.22. The zero-order chi connectivity index (χ0) is 14.1. The van der Waals surface area contributed by atoms with E-state index in [0.29, 0.717) is 10.8 Å². The van der Waals surface area contributed by atoms with E-state index in [4.69, 9.17) is 4.74 Å². The Kier molecular flexibility index (Phi) is 4.21. The average Bonchev–Trinajstić information content (AvgIpc) is 2.35. The fraction of sp³-hybridized carbons (Fsp3) is 0.647. The fourth-order valence-electron chi connectivity index (χ4n) is 4.17. The predicted molar refractivity (Wildman–Crippen MR) is 86.1 cm³/mol. The molecule has 0 saturated heterocycles. The lowest BCUT2D eigenvalue weighted by Gasteiger charge is -2.62. The summed E-state index contributed by atoms with van der Waals surface area (Å²) in [6.07, 6.45) is 7.04. The molecule has 0 aliphatic heterocycles. The summed E-state index contributed by atoms with van der Waals surface area (Å²) < 4.78 is 6.33. The number of rotatable bonds is 6. The van der Waals surface area contributed by atoms with Gasteiger partial charge in [0.05, 0.1) is 6.61 Å². The molecule has 110 valence electrons. The lowest BCUT2D eigenvalue weighted by molar-refractivity contribution is -0.0485. The molecule has 1 N–H and O–H groups in total. The van der Waals surface area contributed by atoms with E-state index in [9.17, 15) is 0 Å². The molecular formula is C17H24BrNO. The first-order valence-electron chi connectivity index (χ1n) is 7.64. The van der Waals surface area contributed by atoms with Crippen molar-refractivity contribution in [3.8, 4) is 0 Å². The highest BCUT2D eigenvalue weighted by molar-refractivity contribution is 9.10. The van der Waals surface area contributed by atoms with Gasteiger partial charge < -0.3 is 10.1 Å². The summed E-state index contributed by atoms with van der Waals surface area (Å²) in [5.74, 6) is 0. The number of hydrogen-bond donors (Lipinski definition) is 1. The first-order chi connectivity index (χ1) is 9.68. The van der Waals surface area contributed by atoms with Crippen molar-refractivity contribution in [3.05, 3.63) is 34.3 Å². The van der Waals surface area contributed by atoms with E-state index < -0.39 is 0 Å². The van der Waals surface area contributed by atoms with Crippen LogP contribution < -0.4 is 5.32 Å². The third-order valence-corrected chi connectivity index (χ3v) is 5.72. The molecule has 2 fully saturated rings. The number of halogens is 1. The van der Waals surface area contributed by atoms with Gasteiger partial charge in [0.15, 0.2) is 0 Å². The molecule has 2 aliphatic carbocycles. The Bertz CT molecular complexity index is 462. The van der Waals surface area contributed by atoms with Crippen LogP contribution in [0, 0.1) is 5.41 Å². The molecule has 0 atom stereocenters. The van der Waals surface area contributed by atoms with Crippen molar-refractivity contribution in [3.63, 3.8) is 0 Å². The minimum atomic E-state index is 0.345. The summed E-state index contributed by atoms with van der Waals surface area (Å²) in [6, 6.07) is 8.90. The van der Waals surface area contributed by atoms with E-state index in [0.717, 1.165) is 19.7 Å². The number of ether oxygens (including phenoxy) is 1. The van der Waals surface area contributed by atoms with Crippen molar-refractivity contribution in [2.45, 2.75) is 37.5 Å². The van der Waals surface area contributed by atoms with E-state index in [1.807, 2.05) is 0 Å². The monoisotopic (exact) mass is 337 g/mol. The first-order valence-corrected chi connectivity index (χ1v) is 8.43. The van der Waals surface area contributed by atoms with Crippen molar-refractivity contribution in [1.29, 1.82) is 0 Å². The second-order valence-electron chi connectivity index (χ2n) is 6.67. The normalized spacial score (nSPS) is 22.3. The molecular weight excluding hydrogens is 314 g/mol. The van der Waals surface area contributed by atoms with Gasteiger partial charge in [0.1, 0.15) is 0 Å². The van der Waals surface area contributed by atoms with E-state index in [1.165, 1.54) is 42.1 Å². The SMILES string of the molecule is COCCNCC1(c2cccc(Br)c2)CC2(CCC2)C1. The molecule has 2 aliphatic rings. The lowest BCUT2D eigenvalue weighted by atomic mass is 9.43. The van der Waals surface area contributed by atoms with Crippen LogP contribution in [0.15, 0.2) is 28.7 Å². The van der Waals surface area contributed by atoms with Crippen LogP contribution in [0.3, 0.4) is 0 Å². The van der Waals surface area contributed by atoms with Crippen LogP contribution in [0.5, 0.6) is 0 Å². The van der Waals surface area contributed by atoms with Crippen LogP contribution in [0.25, 0.3) is 0 Å². The molecule has 0 amide bonds. The second-order valence-corrected chi connectivity index (χ2v) is 7.58. The topological polar surface area (TPSA) is 21.3 Å². The van der Waals surface area contributed by atoms with E-state index >= 15 is 0 Å². The largest absolute Gasteiger partial charge is 0.383 e. The Balaban J connectivity index is 1.71. The highest BCUT2D eigenvalue weighted by atomic mass is 79.9. The maximum Gasteiger partial charge on any atom is 0.0587 e. The summed E-state index contributed by atoms with van der Waals surface area (Å²) in [5, 5.41) is 3.59. The molecule has 1 aromatic carbocycles. The van der Waals surface area contributed by atoms with Gasteiger partial charge in [0, 0.05) is 30.1 Å². The molecule has 0 aromatic heterocycles. The molecule has 0 unspecified atom stereocenters. The van der Waals surface area contributed by atoms with Gasteiger partial charge in [0.25, 0.3) is 0 Å². The van der Waals surface area contributed by atoms with Gasteiger partial charge in [-0.15, -0.1) is 0 Å². The molecule has 20 heavy (non-hydrogen) atoms. The molecule has 0 radical (unpaired) electrons. The standard InChI is InChI=1S/C17H24BrNO/c1-20-9-8-19-13-17(11-16(12-17)6-3-7-16)14-4-2-5-15(18)10-14/h2,4-5,10,19H,3,6-9,11-13H2,1H3. The van der Waals surface area contributed by atoms with Gasteiger partial charge in [-0.25, -0.2) is 0 Å². The molecule has 0 bridgehead atoms.